The summed E-state index contributed by atoms with van der Waals surface area (Å²) in [4.78, 5) is 18.3. The van der Waals surface area contributed by atoms with E-state index in [0.717, 1.165) is 48.6 Å². The SMILES string of the molecule is Cc1ccc([C@@H](c2c(O)cc(C)n(Cc3ccccc3)c2=O)N2CCN(CCO)CC2)cc1. The fourth-order valence-corrected chi connectivity index (χ4v) is 4.68. The highest BCUT2D eigenvalue weighted by molar-refractivity contribution is 5.42. The van der Waals surface area contributed by atoms with Gasteiger partial charge in [-0.1, -0.05) is 60.2 Å². The molecule has 0 saturated carbocycles. The first kappa shape index (κ1) is 23.2. The fourth-order valence-electron chi connectivity index (χ4n) is 4.68. The van der Waals surface area contributed by atoms with Crippen LogP contribution in [0.5, 0.6) is 5.75 Å². The Morgan fingerprint density at radius 2 is 1.61 bits per heavy atom. The van der Waals surface area contributed by atoms with Crippen molar-refractivity contribution in [3.05, 3.63) is 99.0 Å². The third kappa shape index (κ3) is 5.19. The van der Waals surface area contributed by atoms with Crippen LogP contribution >= 0.6 is 0 Å². The molecule has 0 amide bonds. The molecule has 0 spiro atoms. The van der Waals surface area contributed by atoms with Crippen molar-refractivity contribution in [1.82, 2.24) is 14.4 Å². The van der Waals surface area contributed by atoms with Gasteiger partial charge >= 0.3 is 0 Å². The van der Waals surface area contributed by atoms with Crippen LogP contribution < -0.4 is 5.56 Å². The van der Waals surface area contributed by atoms with Gasteiger partial charge in [0, 0.05) is 38.4 Å². The molecule has 33 heavy (non-hydrogen) atoms. The second-order valence-electron chi connectivity index (χ2n) is 8.88. The Kier molecular flexibility index (Phi) is 7.28. The van der Waals surface area contributed by atoms with Crippen LogP contribution in [0, 0.1) is 13.8 Å². The van der Waals surface area contributed by atoms with Crippen LogP contribution in [-0.4, -0.2) is 63.9 Å². The predicted molar refractivity (Wildman–Crippen MR) is 131 cm³/mol. The summed E-state index contributed by atoms with van der Waals surface area (Å²) in [6.07, 6.45) is 0. The molecule has 1 fully saturated rings. The number of hydrogen-bond acceptors (Lipinski definition) is 5. The van der Waals surface area contributed by atoms with E-state index >= 15 is 0 Å². The van der Waals surface area contributed by atoms with E-state index in [-0.39, 0.29) is 24.0 Å². The van der Waals surface area contributed by atoms with E-state index in [2.05, 4.69) is 34.1 Å². The third-order valence-corrected chi connectivity index (χ3v) is 6.56. The topological polar surface area (TPSA) is 68.9 Å². The summed E-state index contributed by atoms with van der Waals surface area (Å²) in [6, 6.07) is 19.5. The predicted octanol–water partition coefficient (Wildman–Crippen LogP) is 2.92. The Hall–Kier alpha value is -2.93. The molecule has 1 aromatic heterocycles. The molecule has 2 N–H and O–H groups in total. The zero-order valence-electron chi connectivity index (χ0n) is 19.4. The Morgan fingerprint density at radius 1 is 0.939 bits per heavy atom. The van der Waals surface area contributed by atoms with Crippen molar-refractivity contribution in [3.63, 3.8) is 0 Å². The highest BCUT2D eigenvalue weighted by Crippen LogP contribution is 2.33. The molecule has 6 heteroatoms. The van der Waals surface area contributed by atoms with Crippen LogP contribution in [0.25, 0.3) is 0 Å². The molecule has 0 aliphatic carbocycles. The number of pyridine rings is 1. The Balaban J connectivity index is 1.77. The van der Waals surface area contributed by atoms with E-state index in [0.29, 0.717) is 18.7 Å². The second kappa shape index (κ2) is 10.3. The number of hydrogen-bond donors (Lipinski definition) is 2. The van der Waals surface area contributed by atoms with Crippen LogP contribution in [0.4, 0.5) is 0 Å². The highest BCUT2D eigenvalue weighted by atomic mass is 16.3. The number of rotatable bonds is 7. The first-order valence-electron chi connectivity index (χ1n) is 11.6. The summed E-state index contributed by atoms with van der Waals surface area (Å²) in [5.41, 5.74) is 4.21. The van der Waals surface area contributed by atoms with Crippen molar-refractivity contribution in [1.29, 1.82) is 0 Å². The summed E-state index contributed by atoms with van der Waals surface area (Å²) in [6.45, 7) is 8.30. The Morgan fingerprint density at radius 3 is 2.24 bits per heavy atom. The minimum Gasteiger partial charge on any atom is -0.507 e. The zero-order valence-corrected chi connectivity index (χ0v) is 19.4. The fraction of sp³-hybridized carbons (Fsp3) is 0.370. The van der Waals surface area contributed by atoms with Gasteiger partial charge < -0.3 is 14.8 Å². The Labute approximate surface area is 195 Å². The van der Waals surface area contributed by atoms with Gasteiger partial charge in [-0.15, -0.1) is 0 Å². The molecule has 1 aliphatic heterocycles. The average molecular weight is 448 g/mol. The molecule has 0 unspecified atom stereocenters. The molecule has 1 aliphatic rings. The molecule has 2 heterocycles. The summed E-state index contributed by atoms with van der Waals surface area (Å²) in [5, 5.41) is 20.3. The molecule has 3 aromatic rings. The number of β-amino-alcohol motifs (C(OH)–C–C–N with tert-alkyl or cyclic N) is 1. The van der Waals surface area contributed by atoms with Gasteiger partial charge in [0.05, 0.1) is 24.8 Å². The number of aliphatic hydroxyl groups is 1. The molecule has 174 valence electrons. The van der Waals surface area contributed by atoms with Crippen LogP contribution in [0.2, 0.25) is 0 Å². The number of aliphatic hydroxyl groups excluding tert-OH is 1. The lowest BCUT2D eigenvalue weighted by Crippen LogP contribution is -2.49. The van der Waals surface area contributed by atoms with Crippen molar-refractivity contribution in [2.24, 2.45) is 0 Å². The van der Waals surface area contributed by atoms with Crippen molar-refractivity contribution in [3.8, 4) is 5.75 Å². The lowest BCUT2D eigenvalue weighted by Gasteiger charge is -2.39. The van der Waals surface area contributed by atoms with E-state index in [9.17, 15) is 15.0 Å². The van der Waals surface area contributed by atoms with E-state index < -0.39 is 0 Å². The third-order valence-electron chi connectivity index (χ3n) is 6.56. The largest absolute Gasteiger partial charge is 0.507 e. The zero-order chi connectivity index (χ0) is 23.4. The minimum absolute atomic E-state index is 0.0465. The summed E-state index contributed by atoms with van der Waals surface area (Å²) < 4.78 is 1.76. The molecular weight excluding hydrogens is 414 g/mol. The molecule has 2 aromatic carbocycles. The number of aromatic nitrogens is 1. The number of aryl methyl sites for hydroxylation is 2. The normalized spacial score (nSPS) is 16.1. The van der Waals surface area contributed by atoms with Crippen molar-refractivity contribution >= 4 is 0 Å². The first-order valence-corrected chi connectivity index (χ1v) is 11.6. The van der Waals surface area contributed by atoms with Gasteiger partial charge in [0.2, 0.25) is 0 Å². The number of benzene rings is 2. The Bertz CT molecular complexity index is 1120. The average Bonchev–Trinajstić information content (AvgIpc) is 2.82. The quantitative estimate of drug-likeness (QED) is 0.583. The number of piperazine rings is 1. The molecule has 1 atom stereocenters. The molecular formula is C27H33N3O3. The van der Waals surface area contributed by atoms with E-state index in [1.807, 2.05) is 44.2 Å². The first-order chi connectivity index (χ1) is 16.0. The maximum absolute atomic E-state index is 13.8. The van der Waals surface area contributed by atoms with Crippen molar-refractivity contribution < 1.29 is 10.2 Å². The monoisotopic (exact) mass is 447 g/mol. The number of aromatic hydroxyl groups is 1. The van der Waals surface area contributed by atoms with Crippen LogP contribution in [0.15, 0.2) is 65.5 Å². The maximum atomic E-state index is 13.8. The second-order valence-corrected chi connectivity index (χ2v) is 8.88. The van der Waals surface area contributed by atoms with Crippen LogP contribution in [0.3, 0.4) is 0 Å². The van der Waals surface area contributed by atoms with Gasteiger partial charge in [0.15, 0.2) is 0 Å². The van der Waals surface area contributed by atoms with Crippen LogP contribution in [-0.2, 0) is 6.54 Å². The summed E-state index contributed by atoms with van der Waals surface area (Å²) in [5.74, 6) is 0.0465. The van der Waals surface area contributed by atoms with Gasteiger partial charge in [-0.25, -0.2) is 0 Å². The van der Waals surface area contributed by atoms with Crippen molar-refractivity contribution in [2.45, 2.75) is 26.4 Å². The summed E-state index contributed by atoms with van der Waals surface area (Å²) in [7, 11) is 0. The van der Waals surface area contributed by atoms with Gasteiger partial charge in [0.25, 0.3) is 5.56 Å². The van der Waals surface area contributed by atoms with E-state index in [4.69, 9.17) is 0 Å². The lowest BCUT2D eigenvalue weighted by molar-refractivity contribution is 0.0932. The van der Waals surface area contributed by atoms with Crippen molar-refractivity contribution in [2.75, 3.05) is 39.3 Å². The molecule has 6 nitrogen and oxygen atoms in total. The van der Waals surface area contributed by atoms with Gasteiger partial charge in [-0.2, -0.15) is 0 Å². The highest BCUT2D eigenvalue weighted by Gasteiger charge is 2.31. The van der Waals surface area contributed by atoms with Gasteiger partial charge in [-0.3, -0.25) is 14.6 Å². The standard InChI is InChI=1S/C27H33N3O3/c1-20-8-10-23(11-9-20)26(29-14-12-28(13-15-29)16-17-31)25-24(32)18-21(2)30(27(25)33)19-22-6-4-3-5-7-22/h3-11,18,26,31-32H,12-17,19H2,1-2H3/t26-/m0/s1. The van der Waals surface area contributed by atoms with E-state index in [1.165, 1.54) is 0 Å². The smallest absolute Gasteiger partial charge is 0.259 e. The van der Waals surface area contributed by atoms with Crippen LogP contribution in [0.1, 0.15) is 34.0 Å². The minimum atomic E-state index is -0.336. The number of nitrogens with zero attached hydrogens (tertiary/aromatic N) is 3. The van der Waals surface area contributed by atoms with Gasteiger partial charge in [0.1, 0.15) is 5.75 Å². The molecule has 0 radical (unpaired) electrons. The lowest BCUT2D eigenvalue weighted by atomic mass is 9.95. The maximum Gasteiger partial charge on any atom is 0.259 e. The molecule has 1 saturated heterocycles. The molecule has 4 rings (SSSR count). The summed E-state index contributed by atoms with van der Waals surface area (Å²) >= 11 is 0. The van der Waals surface area contributed by atoms with Gasteiger partial charge in [-0.05, 0) is 31.0 Å². The van der Waals surface area contributed by atoms with E-state index in [1.54, 1.807) is 10.6 Å². The molecule has 0 bridgehead atoms.